The molecule has 2 aliphatic heterocycles. The first kappa shape index (κ1) is 14.3. The van der Waals surface area contributed by atoms with E-state index in [0.717, 1.165) is 26.2 Å². The Morgan fingerprint density at radius 1 is 1.06 bits per heavy atom. The molecule has 2 heterocycles. The summed E-state index contributed by atoms with van der Waals surface area (Å²) in [6, 6.07) is 0. The lowest BCUT2D eigenvalue weighted by Gasteiger charge is -2.43. The molecule has 0 saturated carbocycles. The van der Waals surface area contributed by atoms with Crippen molar-refractivity contribution in [3.63, 3.8) is 0 Å². The Morgan fingerprint density at radius 3 is 2.17 bits per heavy atom. The summed E-state index contributed by atoms with van der Waals surface area (Å²) >= 11 is 0. The summed E-state index contributed by atoms with van der Waals surface area (Å²) in [5.41, 5.74) is 0.619. The molecule has 0 radical (unpaired) electrons. The molecule has 0 aromatic rings. The Morgan fingerprint density at radius 2 is 1.72 bits per heavy atom. The molecule has 2 saturated heterocycles. The van der Waals surface area contributed by atoms with Gasteiger partial charge in [-0.05, 0) is 37.8 Å². The number of ether oxygens (including phenoxy) is 1. The molecule has 0 bridgehead atoms. The van der Waals surface area contributed by atoms with Gasteiger partial charge in [0.25, 0.3) is 0 Å². The van der Waals surface area contributed by atoms with Crippen LogP contribution in [0.2, 0.25) is 0 Å². The van der Waals surface area contributed by atoms with Crippen molar-refractivity contribution in [3.8, 4) is 0 Å². The number of likely N-dealkylation sites (tertiary alicyclic amines) is 1. The van der Waals surface area contributed by atoms with Crippen LogP contribution in [0.3, 0.4) is 0 Å². The van der Waals surface area contributed by atoms with Gasteiger partial charge in [-0.1, -0.05) is 26.7 Å². The molecule has 0 amide bonds. The monoisotopic (exact) mass is 255 g/mol. The van der Waals surface area contributed by atoms with E-state index in [1.807, 2.05) is 0 Å². The Hall–Kier alpha value is -0.120. The number of aliphatic hydroxyl groups is 1. The maximum Gasteiger partial charge on any atom is 0.0557 e. The third-order valence-corrected chi connectivity index (χ3v) is 5.50. The minimum Gasteiger partial charge on any atom is -0.396 e. The predicted octanol–water partition coefficient (Wildman–Crippen LogP) is 2.29. The SMILES string of the molecule is CCC1(CC)CCN(CC2(CO)CCOC2)CC1. The highest BCUT2D eigenvalue weighted by atomic mass is 16.5. The lowest BCUT2D eigenvalue weighted by Crippen LogP contribution is -2.46. The van der Waals surface area contributed by atoms with Crippen LogP contribution in [0.5, 0.6) is 0 Å². The van der Waals surface area contributed by atoms with Gasteiger partial charge in [0, 0.05) is 18.6 Å². The largest absolute Gasteiger partial charge is 0.396 e. The highest BCUT2D eigenvalue weighted by Gasteiger charge is 2.38. The summed E-state index contributed by atoms with van der Waals surface area (Å²) in [7, 11) is 0. The van der Waals surface area contributed by atoms with Crippen molar-refractivity contribution in [2.75, 3.05) is 39.5 Å². The molecule has 0 spiro atoms. The van der Waals surface area contributed by atoms with Gasteiger partial charge in [-0.15, -0.1) is 0 Å². The van der Waals surface area contributed by atoms with E-state index in [9.17, 15) is 5.11 Å². The minimum absolute atomic E-state index is 0.0262. The zero-order valence-corrected chi connectivity index (χ0v) is 12.1. The average Bonchev–Trinajstić information content (AvgIpc) is 2.89. The fraction of sp³-hybridized carbons (Fsp3) is 1.00. The normalized spacial score (nSPS) is 32.8. The van der Waals surface area contributed by atoms with E-state index in [4.69, 9.17) is 4.74 Å². The molecular formula is C15H29NO2. The van der Waals surface area contributed by atoms with Gasteiger partial charge >= 0.3 is 0 Å². The van der Waals surface area contributed by atoms with Crippen molar-refractivity contribution in [1.29, 1.82) is 0 Å². The van der Waals surface area contributed by atoms with Crippen molar-refractivity contribution in [3.05, 3.63) is 0 Å². The maximum atomic E-state index is 9.64. The second-order valence-electron chi connectivity index (χ2n) is 6.44. The van der Waals surface area contributed by atoms with Crippen LogP contribution < -0.4 is 0 Å². The highest BCUT2D eigenvalue weighted by molar-refractivity contribution is 4.90. The van der Waals surface area contributed by atoms with Crippen molar-refractivity contribution in [2.24, 2.45) is 10.8 Å². The molecular weight excluding hydrogens is 226 g/mol. The van der Waals surface area contributed by atoms with Crippen LogP contribution in [-0.2, 0) is 4.74 Å². The summed E-state index contributed by atoms with van der Waals surface area (Å²) in [5, 5.41) is 9.64. The zero-order valence-electron chi connectivity index (χ0n) is 12.1. The second-order valence-corrected chi connectivity index (χ2v) is 6.44. The second kappa shape index (κ2) is 5.89. The Labute approximate surface area is 112 Å². The van der Waals surface area contributed by atoms with E-state index in [-0.39, 0.29) is 12.0 Å². The van der Waals surface area contributed by atoms with E-state index in [1.54, 1.807) is 0 Å². The van der Waals surface area contributed by atoms with Gasteiger partial charge in [-0.3, -0.25) is 0 Å². The lowest BCUT2D eigenvalue weighted by molar-refractivity contribution is 0.0251. The van der Waals surface area contributed by atoms with Crippen molar-refractivity contribution < 1.29 is 9.84 Å². The van der Waals surface area contributed by atoms with E-state index >= 15 is 0 Å². The predicted molar refractivity (Wildman–Crippen MR) is 73.6 cm³/mol. The lowest BCUT2D eigenvalue weighted by atomic mass is 9.73. The molecule has 1 N–H and O–H groups in total. The fourth-order valence-corrected chi connectivity index (χ4v) is 3.57. The Kier molecular flexibility index (Phi) is 4.68. The topological polar surface area (TPSA) is 32.7 Å². The van der Waals surface area contributed by atoms with Crippen LogP contribution in [0.1, 0.15) is 46.0 Å². The molecule has 1 atom stereocenters. The molecule has 0 aliphatic carbocycles. The van der Waals surface area contributed by atoms with Crippen LogP contribution in [-0.4, -0.2) is 49.5 Å². The summed E-state index contributed by atoms with van der Waals surface area (Å²) in [4.78, 5) is 2.55. The molecule has 1 unspecified atom stereocenters. The van der Waals surface area contributed by atoms with Gasteiger partial charge < -0.3 is 14.7 Å². The molecule has 2 fully saturated rings. The smallest absolute Gasteiger partial charge is 0.0557 e. The number of aliphatic hydroxyl groups excluding tert-OH is 1. The van der Waals surface area contributed by atoms with E-state index < -0.39 is 0 Å². The van der Waals surface area contributed by atoms with Crippen molar-refractivity contribution in [1.82, 2.24) is 4.90 Å². The first-order valence-corrected chi connectivity index (χ1v) is 7.58. The molecule has 3 nitrogen and oxygen atoms in total. The molecule has 18 heavy (non-hydrogen) atoms. The first-order chi connectivity index (χ1) is 8.67. The molecule has 2 aliphatic rings. The van der Waals surface area contributed by atoms with Gasteiger partial charge in [-0.25, -0.2) is 0 Å². The number of piperidine rings is 1. The summed E-state index contributed by atoms with van der Waals surface area (Å²) in [6.45, 7) is 9.92. The average molecular weight is 255 g/mol. The van der Waals surface area contributed by atoms with E-state index in [1.165, 1.54) is 38.8 Å². The number of rotatable bonds is 5. The summed E-state index contributed by atoms with van der Waals surface area (Å²) < 4.78 is 5.49. The molecule has 0 aromatic heterocycles. The van der Waals surface area contributed by atoms with Gasteiger partial charge in [0.1, 0.15) is 0 Å². The molecule has 0 aromatic carbocycles. The third-order valence-electron chi connectivity index (χ3n) is 5.50. The summed E-state index contributed by atoms with van der Waals surface area (Å²) in [6.07, 6.45) is 6.29. The van der Waals surface area contributed by atoms with Crippen LogP contribution in [0.4, 0.5) is 0 Å². The quantitative estimate of drug-likeness (QED) is 0.818. The zero-order chi connectivity index (χ0) is 13.1. The standard InChI is InChI=1S/C15H29NO2/c1-3-14(4-2)5-8-16(9-6-14)11-15(12-17)7-10-18-13-15/h17H,3-13H2,1-2H3. The minimum atomic E-state index is 0.0262. The van der Waals surface area contributed by atoms with E-state index in [0.29, 0.717) is 5.41 Å². The number of nitrogens with zero attached hydrogens (tertiary/aromatic N) is 1. The van der Waals surface area contributed by atoms with Crippen LogP contribution in [0.25, 0.3) is 0 Å². The Bertz CT molecular complexity index is 247. The summed E-state index contributed by atoms with van der Waals surface area (Å²) in [5.74, 6) is 0. The molecule has 2 rings (SSSR count). The number of hydrogen-bond acceptors (Lipinski definition) is 3. The number of hydrogen-bond donors (Lipinski definition) is 1. The molecule has 3 heteroatoms. The van der Waals surface area contributed by atoms with Gasteiger partial charge in [0.2, 0.25) is 0 Å². The van der Waals surface area contributed by atoms with Crippen LogP contribution >= 0.6 is 0 Å². The van der Waals surface area contributed by atoms with Gasteiger partial charge in [0.05, 0.1) is 13.2 Å². The van der Waals surface area contributed by atoms with Crippen LogP contribution in [0, 0.1) is 10.8 Å². The fourth-order valence-electron chi connectivity index (χ4n) is 3.57. The first-order valence-electron chi connectivity index (χ1n) is 7.58. The van der Waals surface area contributed by atoms with Crippen molar-refractivity contribution in [2.45, 2.75) is 46.0 Å². The van der Waals surface area contributed by atoms with Gasteiger partial charge in [0.15, 0.2) is 0 Å². The van der Waals surface area contributed by atoms with E-state index in [2.05, 4.69) is 18.7 Å². The van der Waals surface area contributed by atoms with Gasteiger partial charge in [-0.2, -0.15) is 0 Å². The Balaban J connectivity index is 1.86. The van der Waals surface area contributed by atoms with Crippen molar-refractivity contribution >= 4 is 0 Å². The maximum absolute atomic E-state index is 9.64. The van der Waals surface area contributed by atoms with Crippen LogP contribution in [0.15, 0.2) is 0 Å². The highest BCUT2D eigenvalue weighted by Crippen LogP contribution is 2.39. The molecule has 106 valence electrons. The third kappa shape index (κ3) is 2.89.